The number of hydrogen-bond donors (Lipinski definition) is 0. The van der Waals surface area contributed by atoms with Gasteiger partial charge >= 0.3 is 0 Å². The number of ether oxygens (including phenoxy) is 3. The van der Waals surface area contributed by atoms with Crippen LogP contribution in [-0.4, -0.2) is 50.5 Å². The molecule has 1 fully saturated rings. The van der Waals surface area contributed by atoms with E-state index in [1.54, 1.807) is 0 Å². The molecule has 1 aromatic rings. The van der Waals surface area contributed by atoms with Crippen molar-refractivity contribution in [3.8, 4) is 11.5 Å². The maximum absolute atomic E-state index is 5.78. The molecule has 0 saturated carbocycles. The fraction of sp³-hybridized carbons (Fsp3) is 0.667. The molecule has 0 unspecified atom stereocenters. The van der Waals surface area contributed by atoms with Gasteiger partial charge in [-0.15, -0.1) is 0 Å². The third-order valence-electron chi connectivity index (χ3n) is 3.98. The first kappa shape index (κ1) is 17.1. The monoisotopic (exact) mass is 307 g/mol. The minimum absolute atomic E-state index is 0.256. The lowest BCUT2D eigenvalue weighted by atomic mass is 10.3. The average molecular weight is 307 g/mol. The summed E-state index contributed by atoms with van der Waals surface area (Å²) in [6.45, 7) is 10.0. The standard InChI is InChI=1S/C18H29NO3/c1-3-16(2)22-18-8-6-17(7-9-18)21-13-5-4-10-19-11-14-20-15-12-19/h6-9,16H,3-5,10-15H2,1-2H3/t16-/m0/s1. The number of rotatable bonds is 9. The summed E-state index contributed by atoms with van der Waals surface area (Å²) in [5.41, 5.74) is 0. The van der Waals surface area contributed by atoms with E-state index < -0.39 is 0 Å². The van der Waals surface area contributed by atoms with Gasteiger partial charge in [0.15, 0.2) is 0 Å². The van der Waals surface area contributed by atoms with Gasteiger partial charge in [-0.05, 0) is 57.0 Å². The maximum atomic E-state index is 5.78. The molecule has 0 spiro atoms. The molecule has 1 saturated heterocycles. The Labute approximate surface area is 134 Å². The van der Waals surface area contributed by atoms with Crippen molar-refractivity contribution < 1.29 is 14.2 Å². The van der Waals surface area contributed by atoms with Crippen molar-refractivity contribution in [3.05, 3.63) is 24.3 Å². The summed E-state index contributed by atoms with van der Waals surface area (Å²) >= 11 is 0. The highest BCUT2D eigenvalue weighted by Crippen LogP contribution is 2.19. The van der Waals surface area contributed by atoms with Gasteiger partial charge in [0.05, 0.1) is 25.9 Å². The third-order valence-corrected chi connectivity index (χ3v) is 3.98. The first-order chi connectivity index (χ1) is 10.8. The van der Waals surface area contributed by atoms with Crippen LogP contribution in [0.2, 0.25) is 0 Å². The minimum Gasteiger partial charge on any atom is -0.494 e. The van der Waals surface area contributed by atoms with Gasteiger partial charge < -0.3 is 14.2 Å². The molecule has 0 bridgehead atoms. The van der Waals surface area contributed by atoms with E-state index in [1.807, 2.05) is 24.3 Å². The van der Waals surface area contributed by atoms with Crippen LogP contribution in [0.4, 0.5) is 0 Å². The molecule has 0 amide bonds. The Bertz CT molecular complexity index is 401. The molecule has 4 heteroatoms. The van der Waals surface area contributed by atoms with E-state index in [0.717, 1.165) is 63.8 Å². The lowest BCUT2D eigenvalue weighted by Gasteiger charge is -2.26. The van der Waals surface area contributed by atoms with E-state index in [4.69, 9.17) is 14.2 Å². The van der Waals surface area contributed by atoms with Gasteiger partial charge in [0, 0.05) is 13.1 Å². The topological polar surface area (TPSA) is 30.9 Å². The van der Waals surface area contributed by atoms with E-state index in [0.29, 0.717) is 0 Å². The van der Waals surface area contributed by atoms with Crippen LogP contribution in [0.3, 0.4) is 0 Å². The largest absolute Gasteiger partial charge is 0.494 e. The molecule has 1 atom stereocenters. The Morgan fingerprint density at radius 3 is 2.45 bits per heavy atom. The Morgan fingerprint density at radius 1 is 1.09 bits per heavy atom. The fourth-order valence-corrected chi connectivity index (χ4v) is 2.38. The highest BCUT2D eigenvalue weighted by molar-refractivity contribution is 5.31. The van der Waals surface area contributed by atoms with Crippen molar-refractivity contribution in [2.75, 3.05) is 39.5 Å². The number of morpholine rings is 1. The van der Waals surface area contributed by atoms with Crippen molar-refractivity contribution in [3.63, 3.8) is 0 Å². The molecule has 124 valence electrons. The molecule has 2 rings (SSSR count). The molecule has 0 aromatic heterocycles. The minimum atomic E-state index is 0.256. The van der Waals surface area contributed by atoms with Gasteiger partial charge in [-0.3, -0.25) is 4.90 Å². The molecule has 1 aromatic carbocycles. The molecule has 1 aliphatic heterocycles. The molecule has 1 heterocycles. The summed E-state index contributed by atoms with van der Waals surface area (Å²) < 4.78 is 16.9. The SMILES string of the molecule is CC[C@H](C)Oc1ccc(OCCCCN2CCOCC2)cc1. The van der Waals surface area contributed by atoms with Crippen LogP contribution in [0, 0.1) is 0 Å². The van der Waals surface area contributed by atoms with Gasteiger partial charge in [-0.25, -0.2) is 0 Å². The van der Waals surface area contributed by atoms with Gasteiger partial charge in [0.25, 0.3) is 0 Å². The summed E-state index contributed by atoms with van der Waals surface area (Å²) in [4.78, 5) is 2.46. The van der Waals surface area contributed by atoms with Crippen LogP contribution < -0.4 is 9.47 Å². The second-order valence-corrected chi connectivity index (χ2v) is 5.82. The zero-order valence-electron chi connectivity index (χ0n) is 13.9. The third kappa shape index (κ3) is 6.24. The van der Waals surface area contributed by atoms with Gasteiger partial charge in [-0.2, -0.15) is 0 Å². The molecular formula is C18H29NO3. The van der Waals surface area contributed by atoms with Crippen LogP contribution >= 0.6 is 0 Å². The van der Waals surface area contributed by atoms with Crippen LogP contribution in [0.5, 0.6) is 11.5 Å². The molecule has 0 N–H and O–H groups in total. The van der Waals surface area contributed by atoms with E-state index in [-0.39, 0.29) is 6.10 Å². The highest BCUT2D eigenvalue weighted by Gasteiger charge is 2.09. The first-order valence-electron chi connectivity index (χ1n) is 8.47. The Balaban J connectivity index is 1.58. The molecule has 22 heavy (non-hydrogen) atoms. The van der Waals surface area contributed by atoms with Crippen LogP contribution in [0.1, 0.15) is 33.1 Å². The summed E-state index contributed by atoms with van der Waals surface area (Å²) in [7, 11) is 0. The van der Waals surface area contributed by atoms with Gasteiger partial charge in [0.2, 0.25) is 0 Å². The predicted molar refractivity (Wildman–Crippen MR) is 88.8 cm³/mol. The molecular weight excluding hydrogens is 278 g/mol. The maximum Gasteiger partial charge on any atom is 0.119 e. The summed E-state index contributed by atoms with van der Waals surface area (Å²) in [5, 5.41) is 0. The molecule has 4 nitrogen and oxygen atoms in total. The summed E-state index contributed by atoms with van der Waals surface area (Å²) in [5.74, 6) is 1.83. The van der Waals surface area contributed by atoms with Crippen molar-refractivity contribution in [2.24, 2.45) is 0 Å². The average Bonchev–Trinajstić information content (AvgIpc) is 2.57. The van der Waals surface area contributed by atoms with Crippen molar-refractivity contribution >= 4 is 0 Å². The highest BCUT2D eigenvalue weighted by atomic mass is 16.5. The van der Waals surface area contributed by atoms with E-state index in [9.17, 15) is 0 Å². The quantitative estimate of drug-likeness (QED) is 0.655. The lowest BCUT2D eigenvalue weighted by molar-refractivity contribution is 0.0368. The van der Waals surface area contributed by atoms with Crippen LogP contribution in [-0.2, 0) is 4.74 Å². The molecule has 0 aliphatic carbocycles. The van der Waals surface area contributed by atoms with Crippen LogP contribution in [0.25, 0.3) is 0 Å². The van der Waals surface area contributed by atoms with Gasteiger partial charge in [0.1, 0.15) is 11.5 Å². The van der Waals surface area contributed by atoms with Gasteiger partial charge in [-0.1, -0.05) is 6.92 Å². The van der Waals surface area contributed by atoms with E-state index in [2.05, 4.69) is 18.7 Å². The number of nitrogens with zero attached hydrogens (tertiary/aromatic N) is 1. The molecule has 1 aliphatic rings. The number of benzene rings is 1. The van der Waals surface area contributed by atoms with E-state index >= 15 is 0 Å². The number of unbranched alkanes of at least 4 members (excludes halogenated alkanes) is 1. The zero-order valence-corrected chi connectivity index (χ0v) is 13.9. The lowest BCUT2D eigenvalue weighted by Crippen LogP contribution is -2.36. The predicted octanol–water partition coefficient (Wildman–Crippen LogP) is 3.36. The van der Waals surface area contributed by atoms with Crippen LogP contribution in [0.15, 0.2) is 24.3 Å². The Morgan fingerprint density at radius 2 is 1.77 bits per heavy atom. The zero-order chi connectivity index (χ0) is 15.6. The second-order valence-electron chi connectivity index (χ2n) is 5.82. The Kier molecular flexibility index (Phi) is 7.54. The van der Waals surface area contributed by atoms with Crippen molar-refractivity contribution in [1.29, 1.82) is 0 Å². The first-order valence-corrected chi connectivity index (χ1v) is 8.47. The smallest absolute Gasteiger partial charge is 0.119 e. The fourth-order valence-electron chi connectivity index (χ4n) is 2.38. The van der Waals surface area contributed by atoms with Crippen molar-refractivity contribution in [2.45, 2.75) is 39.2 Å². The number of hydrogen-bond acceptors (Lipinski definition) is 4. The normalized spacial score (nSPS) is 17.2. The molecule has 0 radical (unpaired) electrons. The summed E-state index contributed by atoms with van der Waals surface area (Å²) in [6.07, 6.45) is 3.53. The van der Waals surface area contributed by atoms with E-state index in [1.165, 1.54) is 6.42 Å². The summed E-state index contributed by atoms with van der Waals surface area (Å²) in [6, 6.07) is 7.93. The second kappa shape index (κ2) is 9.70. The van der Waals surface area contributed by atoms with Crippen molar-refractivity contribution in [1.82, 2.24) is 4.90 Å². The Hall–Kier alpha value is -1.26.